The zero-order valence-corrected chi connectivity index (χ0v) is 20.0. The first-order valence-corrected chi connectivity index (χ1v) is 12.9. The number of hydrogen-bond donors (Lipinski definition) is 2. The van der Waals surface area contributed by atoms with Crippen molar-refractivity contribution in [3.05, 3.63) is 46.9 Å². The van der Waals surface area contributed by atoms with E-state index in [1.165, 1.54) is 0 Å². The van der Waals surface area contributed by atoms with Gasteiger partial charge in [-0.1, -0.05) is 0 Å². The number of ether oxygens (including phenoxy) is 1. The molecule has 2 aliphatic rings. The standard InChI is InChI=1S/C24H30N4O4S/c1-23(2,3)33(30,31)17-7-5-16(6-8-17)26-21-20-18(9-12-25-22(20)29)28(27-21)19-15-24(19)10-4-13-32-14-11-24/h5-9,12,19H,4,10-11,13-15H2,1-3H3,(H,25,29)(H,26,27)/t19?,24-/m1/s1. The van der Waals surface area contributed by atoms with E-state index in [9.17, 15) is 13.2 Å². The topological polar surface area (TPSA) is 106 Å². The molecule has 1 aliphatic carbocycles. The quantitative estimate of drug-likeness (QED) is 0.593. The summed E-state index contributed by atoms with van der Waals surface area (Å²) in [4.78, 5) is 15.7. The maximum absolute atomic E-state index is 12.7. The molecule has 5 rings (SSSR count). The van der Waals surface area contributed by atoms with Gasteiger partial charge in [-0.2, -0.15) is 5.10 Å². The Balaban J connectivity index is 1.48. The highest BCUT2D eigenvalue weighted by atomic mass is 32.2. The molecule has 9 heteroatoms. The van der Waals surface area contributed by atoms with Gasteiger partial charge in [0.2, 0.25) is 0 Å². The van der Waals surface area contributed by atoms with Gasteiger partial charge in [0, 0.05) is 25.1 Å². The van der Waals surface area contributed by atoms with E-state index in [4.69, 9.17) is 9.84 Å². The van der Waals surface area contributed by atoms with Crippen LogP contribution in [0.1, 0.15) is 52.5 Å². The molecule has 1 saturated heterocycles. The van der Waals surface area contributed by atoms with Gasteiger partial charge in [0.05, 0.1) is 21.2 Å². The molecule has 1 saturated carbocycles. The number of aromatic amines is 1. The third-order valence-corrected chi connectivity index (χ3v) is 9.52. The van der Waals surface area contributed by atoms with E-state index < -0.39 is 14.6 Å². The molecular formula is C24H30N4O4S. The SMILES string of the molecule is CC(C)(C)S(=O)(=O)c1ccc(Nc2nn(C3C[C@]34CCCOCC4)c3cc[nH]c(=O)c23)cc1. The second kappa shape index (κ2) is 7.70. The molecule has 1 spiro atoms. The second-order valence-corrected chi connectivity index (χ2v) is 12.9. The van der Waals surface area contributed by atoms with Crippen LogP contribution in [0.2, 0.25) is 0 Å². The van der Waals surface area contributed by atoms with Crippen molar-refractivity contribution in [3.63, 3.8) is 0 Å². The van der Waals surface area contributed by atoms with Crippen LogP contribution in [-0.2, 0) is 14.6 Å². The second-order valence-electron chi connectivity index (χ2n) is 10.2. The van der Waals surface area contributed by atoms with Crippen molar-refractivity contribution in [3.8, 4) is 0 Å². The van der Waals surface area contributed by atoms with Crippen molar-refractivity contribution >= 4 is 32.2 Å². The summed E-state index contributed by atoms with van der Waals surface area (Å²) in [5.74, 6) is 0.477. The molecule has 2 fully saturated rings. The number of benzene rings is 1. The van der Waals surface area contributed by atoms with Crippen molar-refractivity contribution in [1.29, 1.82) is 0 Å². The number of pyridine rings is 1. The molecule has 2 aromatic heterocycles. The van der Waals surface area contributed by atoms with Crippen LogP contribution >= 0.6 is 0 Å². The van der Waals surface area contributed by atoms with Crippen molar-refractivity contribution < 1.29 is 13.2 Å². The van der Waals surface area contributed by atoms with Crippen LogP contribution in [0.25, 0.3) is 10.9 Å². The van der Waals surface area contributed by atoms with Gasteiger partial charge >= 0.3 is 0 Å². The fourth-order valence-corrected chi connectivity index (χ4v) is 6.07. The summed E-state index contributed by atoms with van der Waals surface area (Å²) in [7, 11) is -3.44. The van der Waals surface area contributed by atoms with Gasteiger partial charge in [0.1, 0.15) is 5.39 Å². The van der Waals surface area contributed by atoms with Crippen molar-refractivity contribution in [2.45, 2.75) is 62.1 Å². The molecule has 2 atom stereocenters. The Morgan fingerprint density at radius 2 is 1.91 bits per heavy atom. The number of H-pyrrole nitrogens is 1. The van der Waals surface area contributed by atoms with Crippen LogP contribution in [0.5, 0.6) is 0 Å². The van der Waals surface area contributed by atoms with E-state index in [0.717, 1.165) is 44.4 Å². The normalized spacial score (nSPS) is 23.5. The number of hydrogen-bond acceptors (Lipinski definition) is 6. The maximum Gasteiger partial charge on any atom is 0.261 e. The molecule has 1 aliphatic heterocycles. The van der Waals surface area contributed by atoms with E-state index in [1.807, 2.05) is 10.7 Å². The Bertz CT molecular complexity index is 1340. The molecule has 3 aromatic rings. The lowest BCUT2D eigenvalue weighted by atomic mass is 9.96. The highest BCUT2D eigenvalue weighted by molar-refractivity contribution is 7.92. The van der Waals surface area contributed by atoms with E-state index in [-0.39, 0.29) is 21.9 Å². The van der Waals surface area contributed by atoms with Crippen molar-refractivity contribution in [1.82, 2.24) is 14.8 Å². The first kappa shape index (κ1) is 22.2. The lowest BCUT2D eigenvalue weighted by Crippen LogP contribution is -2.27. The molecule has 8 nitrogen and oxygen atoms in total. The summed E-state index contributed by atoms with van der Waals surface area (Å²) in [5, 5.41) is 8.58. The number of rotatable bonds is 4. The number of nitrogens with zero attached hydrogens (tertiary/aromatic N) is 2. The van der Waals surface area contributed by atoms with Crippen LogP contribution in [0, 0.1) is 5.41 Å². The molecular weight excluding hydrogens is 440 g/mol. The Hall–Kier alpha value is -2.65. The number of fused-ring (bicyclic) bond motifs is 1. The highest BCUT2D eigenvalue weighted by Gasteiger charge is 2.55. The van der Waals surface area contributed by atoms with E-state index in [2.05, 4.69) is 10.3 Å². The highest BCUT2D eigenvalue weighted by Crippen LogP contribution is 2.62. The summed E-state index contributed by atoms with van der Waals surface area (Å²) in [5.41, 5.74) is 1.47. The minimum absolute atomic E-state index is 0.193. The summed E-state index contributed by atoms with van der Waals surface area (Å²) >= 11 is 0. The average molecular weight is 471 g/mol. The maximum atomic E-state index is 12.7. The van der Waals surface area contributed by atoms with Gasteiger partial charge in [-0.3, -0.25) is 9.48 Å². The van der Waals surface area contributed by atoms with Crippen molar-refractivity contribution in [2.75, 3.05) is 18.5 Å². The lowest BCUT2D eigenvalue weighted by Gasteiger charge is -2.19. The molecule has 3 heterocycles. The molecule has 1 aromatic carbocycles. The molecule has 2 N–H and O–H groups in total. The molecule has 1 unspecified atom stereocenters. The van der Waals surface area contributed by atoms with Gasteiger partial charge in [-0.25, -0.2) is 8.42 Å². The largest absolute Gasteiger partial charge is 0.381 e. The van der Waals surface area contributed by atoms with Crippen LogP contribution in [0.15, 0.2) is 46.2 Å². The minimum atomic E-state index is -3.44. The van der Waals surface area contributed by atoms with Gasteiger partial charge in [0.25, 0.3) is 5.56 Å². The summed E-state index contributed by atoms with van der Waals surface area (Å²) < 4.78 is 32.2. The van der Waals surface area contributed by atoms with E-state index in [1.54, 1.807) is 51.2 Å². The first-order valence-electron chi connectivity index (χ1n) is 11.4. The molecule has 33 heavy (non-hydrogen) atoms. The van der Waals surface area contributed by atoms with Crippen molar-refractivity contribution in [2.24, 2.45) is 5.41 Å². The monoisotopic (exact) mass is 470 g/mol. The molecule has 0 radical (unpaired) electrons. The minimum Gasteiger partial charge on any atom is -0.381 e. The average Bonchev–Trinajstić information content (AvgIpc) is 3.43. The van der Waals surface area contributed by atoms with E-state index >= 15 is 0 Å². The first-order chi connectivity index (χ1) is 15.6. The summed E-state index contributed by atoms with van der Waals surface area (Å²) in [6.45, 7) is 6.63. The zero-order chi connectivity index (χ0) is 23.4. The predicted molar refractivity (Wildman–Crippen MR) is 128 cm³/mol. The Labute approximate surface area is 193 Å². The number of aromatic nitrogens is 3. The molecule has 0 amide bonds. The number of nitrogens with one attached hydrogen (secondary N) is 2. The zero-order valence-electron chi connectivity index (χ0n) is 19.2. The number of sulfone groups is 1. The van der Waals surface area contributed by atoms with Crippen LogP contribution < -0.4 is 10.9 Å². The van der Waals surface area contributed by atoms with Gasteiger partial charge < -0.3 is 15.0 Å². The third kappa shape index (κ3) is 3.77. The Morgan fingerprint density at radius 1 is 1.15 bits per heavy atom. The van der Waals surface area contributed by atoms with Gasteiger partial charge in [-0.05, 0) is 82.2 Å². The third-order valence-electron chi connectivity index (χ3n) is 7.01. The predicted octanol–water partition coefficient (Wildman–Crippen LogP) is 4.17. The van der Waals surface area contributed by atoms with Crippen LogP contribution in [-0.4, -0.2) is 41.1 Å². The lowest BCUT2D eigenvalue weighted by molar-refractivity contribution is 0.139. The van der Waals surface area contributed by atoms with E-state index in [0.29, 0.717) is 16.9 Å². The Kier molecular flexibility index (Phi) is 5.17. The summed E-state index contributed by atoms with van der Waals surface area (Å²) in [6, 6.07) is 8.75. The molecule has 176 valence electrons. The number of anilines is 2. The molecule has 0 bridgehead atoms. The van der Waals surface area contributed by atoms with Gasteiger partial charge in [0.15, 0.2) is 15.7 Å². The Morgan fingerprint density at radius 3 is 2.64 bits per heavy atom. The fourth-order valence-electron chi connectivity index (χ4n) is 4.87. The smallest absolute Gasteiger partial charge is 0.261 e. The van der Waals surface area contributed by atoms with Crippen LogP contribution in [0.4, 0.5) is 11.5 Å². The van der Waals surface area contributed by atoms with Crippen LogP contribution in [0.3, 0.4) is 0 Å². The van der Waals surface area contributed by atoms with Gasteiger partial charge in [-0.15, -0.1) is 0 Å². The summed E-state index contributed by atoms with van der Waals surface area (Å²) in [6.07, 6.45) is 5.86. The fraction of sp³-hybridized carbons (Fsp3) is 0.500.